The lowest BCUT2D eigenvalue weighted by atomic mass is 10.2. The smallest absolute Gasteiger partial charge is 0.242 e. The van der Waals surface area contributed by atoms with Gasteiger partial charge in [-0.1, -0.05) is 0 Å². The van der Waals surface area contributed by atoms with Crippen LogP contribution < -0.4 is 16.0 Å². The van der Waals surface area contributed by atoms with Gasteiger partial charge >= 0.3 is 0 Å². The maximum Gasteiger partial charge on any atom is 0.242 e. The molecule has 0 spiro atoms. The molecule has 9 nitrogen and oxygen atoms in total. The number of rotatable bonds is 9. The average molecular weight is 435 g/mol. The van der Waals surface area contributed by atoms with E-state index in [2.05, 4.69) is 31.0 Å². The van der Waals surface area contributed by atoms with Crippen LogP contribution >= 0.6 is 0 Å². The van der Waals surface area contributed by atoms with Crippen molar-refractivity contribution in [3.63, 3.8) is 0 Å². The Morgan fingerprint density at radius 1 is 1.26 bits per heavy atom. The molecule has 1 aromatic carbocycles. The zero-order valence-corrected chi connectivity index (χ0v) is 16.4. The van der Waals surface area contributed by atoms with Crippen molar-refractivity contribution in [1.29, 1.82) is 0 Å². The highest BCUT2D eigenvalue weighted by molar-refractivity contribution is 5.76. The van der Waals surface area contributed by atoms with E-state index >= 15 is 0 Å². The van der Waals surface area contributed by atoms with Crippen molar-refractivity contribution >= 4 is 23.4 Å². The molecule has 3 rings (SSSR count). The molecule has 0 bridgehead atoms. The fourth-order valence-electron chi connectivity index (χ4n) is 2.59. The molecule has 0 aliphatic heterocycles. The Hall–Kier alpha value is -3.67. The summed E-state index contributed by atoms with van der Waals surface area (Å²) in [5.74, 6) is -2.83. The second-order valence-electron chi connectivity index (χ2n) is 6.67. The Morgan fingerprint density at radius 3 is 2.71 bits per heavy atom. The van der Waals surface area contributed by atoms with Crippen molar-refractivity contribution in [1.82, 2.24) is 25.1 Å². The summed E-state index contributed by atoms with van der Waals surface area (Å²) in [5.41, 5.74) is 0.195. The van der Waals surface area contributed by atoms with Crippen LogP contribution in [0, 0.1) is 17.5 Å². The number of nitrogens with zero attached hydrogens (tertiary/aromatic N) is 4. The first-order chi connectivity index (χ1) is 14.8. The molecule has 1 amide bonds. The molecule has 2 heterocycles. The van der Waals surface area contributed by atoms with Gasteiger partial charge in [0, 0.05) is 42.7 Å². The third kappa shape index (κ3) is 6.15. The molecule has 164 valence electrons. The maximum absolute atomic E-state index is 13.7. The Kier molecular flexibility index (Phi) is 7.03. The first kappa shape index (κ1) is 22.0. The molecular formula is C19H20F3N7O2. The number of hydrogen-bond donors (Lipinski definition) is 4. The van der Waals surface area contributed by atoms with Gasteiger partial charge < -0.3 is 21.1 Å². The van der Waals surface area contributed by atoms with Crippen LogP contribution in [0.3, 0.4) is 0 Å². The Labute approximate surface area is 175 Å². The SMILES string of the molecule is C[C@H](CO)NC(=O)Cn1cc(Nc2nccc(NCc3c(F)cc(F)cc3F)n2)cn1. The molecule has 0 saturated heterocycles. The molecule has 0 aliphatic rings. The Morgan fingerprint density at radius 2 is 2.00 bits per heavy atom. The van der Waals surface area contributed by atoms with Crippen LogP contribution in [0.4, 0.5) is 30.6 Å². The van der Waals surface area contributed by atoms with E-state index in [0.29, 0.717) is 17.8 Å². The first-order valence-corrected chi connectivity index (χ1v) is 9.24. The molecule has 4 N–H and O–H groups in total. The summed E-state index contributed by atoms with van der Waals surface area (Å²) in [7, 11) is 0. The number of amides is 1. The van der Waals surface area contributed by atoms with Gasteiger partial charge in [0.1, 0.15) is 29.8 Å². The van der Waals surface area contributed by atoms with E-state index in [1.807, 2.05) is 0 Å². The largest absolute Gasteiger partial charge is 0.394 e. The fourth-order valence-corrected chi connectivity index (χ4v) is 2.59. The van der Waals surface area contributed by atoms with E-state index < -0.39 is 17.5 Å². The van der Waals surface area contributed by atoms with E-state index in [4.69, 9.17) is 5.11 Å². The zero-order valence-electron chi connectivity index (χ0n) is 16.4. The summed E-state index contributed by atoms with van der Waals surface area (Å²) in [6.07, 6.45) is 4.47. The zero-order chi connectivity index (χ0) is 22.4. The predicted octanol–water partition coefficient (Wildman–Crippen LogP) is 1.94. The first-order valence-electron chi connectivity index (χ1n) is 9.24. The van der Waals surface area contributed by atoms with Gasteiger partial charge in [-0.05, 0) is 13.0 Å². The van der Waals surface area contributed by atoms with Gasteiger partial charge in [0.05, 0.1) is 18.5 Å². The van der Waals surface area contributed by atoms with Crippen molar-refractivity contribution in [3.05, 3.63) is 59.8 Å². The molecule has 1 atom stereocenters. The molecule has 0 fully saturated rings. The van der Waals surface area contributed by atoms with Crippen molar-refractivity contribution in [2.75, 3.05) is 17.2 Å². The Bertz CT molecular complexity index is 1040. The van der Waals surface area contributed by atoms with Gasteiger partial charge in [-0.25, -0.2) is 18.2 Å². The number of carbonyl (C=O) groups is 1. The minimum absolute atomic E-state index is 0.0384. The van der Waals surface area contributed by atoms with Gasteiger partial charge in [0.25, 0.3) is 0 Å². The molecule has 12 heteroatoms. The number of halogens is 3. The number of hydrogen-bond acceptors (Lipinski definition) is 7. The highest BCUT2D eigenvalue weighted by Crippen LogP contribution is 2.17. The van der Waals surface area contributed by atoms with Crippen molar-refractivity contribution in [3.8, 4) is 0 Å². The van der Waals surface area contributed by atoms with Gasteiger partial charge in [-0.2, -0.15) is 10.1 Å². The minimum atomic E-state index is -0.998. The molecule has 0 radical (unpaired) electrons. The van der Waals surface area contributed by atoms with Crippen LogP contribution in [0.2, 0.25) is 0 Å². The standard InChI is InChI=1S/C19H20F3N7O2/c1-11(10-30)26-18(31)9-29-8-13(6-25-29)27-19-23-3-2-17(28-19)24-7-14-15(21)4-12(20)5-16(14)22/h2-6,8,11,30H,7,9-10H2,1H3,(H,26,31)(H2,23,24,27,28)/t11-/m1/s1. The van der Waals surface area contributed by atoms with Gasteiger partial charge in [0.15, 0.2) is 0 Å². The third-order valence-electron chi connectivity index (χ3n) is 4.08. The van der Waals surface area contributed by atoms with E-state index in [9.17, 15) is 18.0 Å². The summed E-state index contributed by atoms with van der Waals surface area (Å²) in [6.45, 7) is 1.22. The normalized spacial score (nSPS) is 11.8. The molecule has 0 unspecified atom stereocenters. The number of carbonyl (C=O) groups excluding carboxylic acids is 1. The minimum Gasteiger partial charge on any atom is -0.394 e. The number of aliphatic hydroxyl groups is 1. The molecule has 0 saturated carbocycles. The fraction of sp³-hybridized carbons (Fsp3) is 0.263. The molecule has 2 aromatic heterocycles. The average Bonchev–Trinajstić information content (AvgIpc) is 3.13. The van der Waals surface area contributed by atoms with E-state index in [1.165, 1.54) is 23.1 Å². The monoisotopic (exact) mass is 435 g/mol. The summed E-state index contributed by atoms with van der Waals surface area (Å²) in [6, 6.07) is 2.35. The second kappa shape index (κ2) is 9.89. The lowest BCUT2D eigenvalue weighted by Crippen LogP contribution is -2.37. The van der Waals surface area contributed by atoms with E-state index in [1.54, 1.807) is 13.1 Å². The van der Waals surface area contributed by atoms with Gasteiger partial charge in [-0.3, -0.25) is 9.48 Å². The summed E-state index contributed by atoms with van der Waals surface area (Å²) < 4.78 is 41.9. The van der Waals surface area contributed by atoms with Crippen LogP contribution in [0.15, 0.2) is 36.8 Å². The highest BCUT2D eigenvalue weighted by atomic mass is 19.1. The van der Waals surface area contributed by atoms with Gasteiger partial charge in [-0.15, -0.1) is 0 Å². The van der Waals surface area contributed by atoms with Gasteiger partial charge in [0.2, 0.25) is 11.9 Å². The van der Waals surface area contributed by atoms with Crippen LogP contribution in [-0.2, 0) is 17.9 Å². The third-order valence-corrected chi connectivity index (χ3v) is 4.08. The lowest BCUT2D eigenvalue weighted by Gasteiger charge is -2.10. The molecular weight excluding hydrogens is 415 g/mol. The second-order valence-corrected chi connectivity index (χ2v) is 6.67. The van der Waals surface area contributed by atoms with Crippen molar-refractivity contribution < 1.29 is 23.1 Å². The summed E-state index contributed by atoms with van der Waals surface area (Å²) >= 11 is 0. The number of anilines is 3. The molecule has 0 aliphatic carbocycles. The predicted molar refractivity (Wildman–Crippen MR) is 106 cm³/mol. The highest BCUT2D eigenvalue weighted by Gasteiger charge is 2.12. The maximum atomic E-state index is 13.7. The van der Waals surface area contributed by atoms with Crippen molar-refractivity contribution in [2.24, 2.45) is 0 Å². The van der Waals surface area contributed by atoms with Crippen LogP contribution in [0.25, 0.3) is 0 Å². The summed E-state index contributed by atoms with van der Waals surface area (Å²) in [5, 5.41) is 21.3. The number of aromatic nitrogens is 4. The summed E-state index contributed by atoms with van der Waals surface area (Å²) in [4.78, 5) is 20.1. The molecule has 3 aromatic rings. The van der Waals surface area contributed by atoms with E-state index in [-0.39, 0.29) is 49.0 Å². The number of nitrogens with one attached hydrogen (secondary N) is 3. The topological polar surface area (TPSA) is 117 Å². The quantitative estimate of drug-likeness (QED) is 0.406. The number of benzene rings is 1. The van der Waals surface area contributed by atoms with Crippen LogP contribution in [0.1, 0.15) is 12.5 Å². The van der Waals surface area contributed by atoms with Crippen LogP contribution in [0.5, 0.6) is 0 Å². The Balaban J connectivity index is 1.60. The van der Waals surface area contributed by atoms with Crippen LogP contribution in [-0.4, -0.2) is 43.4 Å². The molecule has 31 heavy (non-hydrogen) atoms. The van der Waals surface area contributed by atoms with E-state index in [0.717, 1.165) is 0 Å². The number of aliphatic hydroxyl groups excluding tert-OH is 1. The van der Waals surface area contributed by atoms with Crippen molar-refractivity contribution in [2.45, 2.75) is 26.1 Å². The lowest BCUT2D eigenvalue weighted by molar-refractivity contribution is -0.122.